The van der Waals surface area contributed by atoms with Crippen LogP contribution in [-0.4, -0.2) is 47.6 Å². The van der Waals surface area contributed by atoms with Crippen molar-refractivity contribution in [2.24, 2.45) is 0 Å². The van der Waals surface area contributed by atoms with E-state index in [0.717, 1.165) is 0 Å². The predicted molar refractivity (Wildman–Crippen MR) is 58.1 cm³/mol. The maximum atomic E-state index is 13.7. The van der Waals surface area contributed by atoms with Gasteiger partial charge >= 0.3 is 47.6 Å². The van der Waals surface area contributed by atoms with Gasteiger partial charge < -0.3 is 0 Å². The minimum absolute atomic E-state index is 4.41. The lowest BCUT2D eigenvalue weighted by Crippen LogP contribution is -2.70. The molecule has 1 aliphatic rings. The van der Waals surface area contributed by atoms with E-state index in [1.165, 1.54) is 0 Å². The van der Waals surface area contributed by atoms with E-state index in [4.69, 9.17) is 0 Å². The summed E-state index contributed by atoms with van der Waals surface area (Å²) < 4.78 is 259. The fraction of sp³-hybridized carbons (Fsp3) is 0.667. The first-order valence-corrected chi connectivity index (χ1v) is 6.78. The van der Waals surface area contributed by atoms with Gasteiger partial charge in [-0.1, -0.05) is 0 Å². The largest absolute Gasteiger partial charge is 0.460 e. The summed E-state index contributed by atoms with van der Waals surface area (Å²) in [5, 5.41) is 0. The second kappa shape index (κ2) is 6.80. The van der Waals surface area contributed by atoms with E-state index in [1.54, 1.807) is 0 Å². The highest BCUT2D eigenvalue weighted by Crippen LogP contribution is 2.66. The third-order valence-electron chi connectivity index (χ3n) is 3.89. The standard InChI is InChI=1S/C12F20/c13-3-1(2(4(14)15)5(16,17)7(3,20)21)6(18,19)8(22,23)9(24,25)10(26,27)11(28,29)12(30,31)32. The van der Waals surface area contributed by atoms with Crippen LogP contribution in [0.2, 0.25) is 0 Å². The third-order valence-corrected chi connectivity index (χ3v) is 3.89. The molecule has 188 valence electrons. The quantitative estimate of drug-likeness (QED) is 0.330. The molecule has 0 fully saturated rings. The number of alkyl halides is 17. The van der Waals surface area contributed by atoms with Gasteiger partial charge in [-0.25, -0.2) is 4.39 Å². The van der Waals surface area contributed by atoms with Gasteiger partial charge in [0, 0.05) is 0 Å². The molecule has 0 amide bonds. The predicted octanol–water partition coefficient (Wildman–Crippen LogP) is 7.38. The average Bonchev–Trinajstić information content (AvgIpc) is 2.69. The van der Waals surface area contributed by atoms with Gasteiger partial charge in [0.2, 0.25) is 0 Å². The smallest absolute Gasteiger partial charge is 0.204 e. The molecule has 20 heteroatoms. The Kier molecular flexibility index (Phi) is 5.97. The molecule has 0 radical (unpaired) electrons. The van der Waals surface area contributed by atoms with Crippen molar-refractivity contribution in [3.63, 3.8) is 0 Å². The molecule has 0 saturated heterocycles. The number of hydrogen-bond acceptors (Lipinski definition) is 0. The van der Waals surface area contributed by atoms with E-state index in [2.05, 4.69) is 0 Å². The summed E-state index contributed by atoms with van der Waals surface area (Å²) in [6.07, 6.45) is -12.4. The molecule has 0 saturated carbocycles. The summed E-state index contributed by atoms with van der Waals surface area (Å²) in [5.74, 6) is -60.7. The van der Waals surface area contributed by atoms with E-state index in [1.807, 2.05) is 0 Å². The SMILES string of the molecule is FC(F)=C1C(C(F)(F)C(F)(F)C(F)(F)C(F)(F)C(F)(F)C(F)(F)F)=C(F)C(F)(F)C1(F)F. The zero-order valence-corrected chi connectivity index (χ0v) is 13.6. The van der Waals surface area contributed by atoms with Gasteiger partial charge in [0.05, 0.1) is 5.57 Å². The lowest BCUT2D eigenvalue weighted by molar-refractivity contribution is -0.436. The summed E-state index contributed by atoms with van der Waals surface area (Å²) in [7, 11) is 0. The number of allylic oxidation sites excluding steroid dienone is 3. The van der Waals surface area contributed by atoms with Crippen molar-refractivity contribution in [1.82, 2.24) is 0 Å². The van der Waals surface area contributed by atoms with Gasteiger partial charge in [-0.05, 0) is 0 Å². The van der Waals surface area contributed by atoms with Crippen molar-refractivity contribution in [3.05, 3.63) is 23.1 Å². The van der Waals surface area contributed by atoms with Crippen LogP contribution < -0.4 is 0 Å². The van der Waals surface area contributed by atoms with Crippen LogP contribution in [0.4, 0.5) is 87.8 Å². The second-order valence-electron chi connectivity index (χ2n) is 5.84. The van der Waals surface area contributed by atoms with Crippen LogP contribution in [-0.2, 0) is 0 Å². The van der Waals surface area contributed by atoms with Gasteiger partial charge in [-0.3, -0.25) is 0 Å². The summed E-state index contributed by atoms with van der Waals surface area (Å²) >= 11 is 0. The first-order chi connectivity index (χ1) is 13.6. The van der Waals surface area contributed by atoms with Gasteiger partial charge in [0.25, 0.3) is 6.08 Å². The Bertz CT molecular complexity index is 831. The Hall–Kier alpha value is -1.92. The molecule has 0 atom stereocenters. The molecular weight excluding hydrogens is 524 g/mol. The normalized spacial score (nSPS) is 20.8. The summed E-state index contributed by atoms with van der Waals surface area (Å²) in [4.78, 5) is 0. The van der Waals surface area contributed by atoms with Crippen molar-refractivity contribution in [2.75, 3.05) is 0 Å². The number of hydrogen-bond donors (Lipinski definition) is 0. The molecule has 0 aromatic rings. The fourth-order valence-corrected chi connectivity index (χ4v) is 2.15. The van der Waals surface area contributed by atoms with E-state index >= 15 is 0 Å². The third kappa shape index (κ3) is 3.06. The minimum atomic E-state index is -8.71. The molecule has 32 heavy (non-hydrogen) atoms. The molecule has 0 nitrogen and oxygen atoms in total. The van der Waals surface area contributed by atoms with Crippen LogP contribution in [0, 0.1) is 0 Å². The van der Waals surface area contributed by atoms with E-state index in [9.17, 15) is 87.8 Å². The lowest BCUT2D eigenvalue weighted by atomic mass is 9.88. The zero-order valence-electron chi connectivity index (χ0n) is 13.6. The van der Waals surface area contributed by atoms with Gasteiger partial charge in [-0.15, -0.1) is 0 Å². The van der Waals surface area contributed by atoms with Crippen LogP contribution in [0.1, 0.15) is 0 Å². The summed E-state index contributed by atoms with van der Waals surface area (Å²) in [6, 6.07) is 0. The van der Waals surface area contributed by atoms with Gasteiger partial charge in [0.15, 0.2) is 5.83 Å². The molecule has 0 aliphatic heterocycles. The van der Waals surface area contributed by atoms with Crippen molar-refractivity contribution >= 4 is 0 Å². The monoisotopic (exact) mass is 524 g/mol. The molecular formula is C12F20. The highest BCUT2D eigenvalue weighted by Gasteiger charge is 2.92. The topological polar surface area (TPSA) is 0 Å². The van der Waals surface area contributed by atoms with E-state index in [-0.39, 0.29) is 0 Å². The van der Waals surface area contributed by atoms with Crippen molar-refractivity contribution in [2.45, 2.75) is 47.6 Å². The number of halogens is 20. The number of rotatable bonds is 5. The zero-order chi connectivity index (χ0) is 26.3. The molecule has 0 N–H and O–H groups in total. The van der Waals surface area contributed by atoms with Crippen molar-refractivity contribution in [1.29, 1.82) is 0 Å². The average molecular weight is 524 g/mol. The van der Waals surface area contributed by atoms with Crippen LogP contribution in [0.25, 0.3) is 0 Å². The van der Waals surface area contributed by atoms with E-state index in [0.29, 0.717) is 0 Å². The first-order valence-electron chi connectivity index (χ1n) is 6.78. The van der Waals surface area contributed by atoms with Gasteiger partial charge in [-0.2, -0.15) is 83.4 Å². The highest BCUT2D eigenvalue weighted by atomic mass is 19.4. The molecule has 0 aromatic heterocycles. The van der Waals surface area contributed by atoms with E-state index < -0.39 is 70.7 Å². The Morgan fingerprint density at radius 1 is 0.531 bits per heavy atom. The summed E-state index contributed by atoms with van der Waals surface area (Å²) in [6.45, 7) is 0. The molecule has 1 rings (SSSR count). The maximum Gasteiger partial charge on any atom is 0.460 e. The minimum Gasteiger partial charge on any atom is -0.204 e. The molecule has 0 bridgehead atoms. The molecule has 0 unspecified atom stereocenters. The summed E-state index contributed by atoms with van der Waals surface area (Å²) in [5.41, 5.74) is -9.13. The Morgan fingerprint density at radius 2 is 0.875 bits per heavy atom. The van der Waals surface area contributed by atoms with Crippen LogP contribution >= 0.6 is 0 Å². The Morgan fingerprint density at radius 3 is 1.19 bits per heavy atom. The molecule has 0 heterocycles. The maximum absolute atomic E-state index is 13.7. The lowest BCUT2D eigenvalue weighted by Gasteiger charge is -2.40. The molecule has 1 aliphatic carbocycles. The first kappa shape index (κ1) is 28.1. The van der Waals surface area contributed by atoms with Crippen molar-refractivity contribution in [3.8, 4) is 0 Å². The van der Waals surface area contributed by atoms with Crippen LogP contribution in [0.3, 0.4) is 0 Å². The van der Waals surface area contributed by atoms with Crippen molar-refractivity contribution < 1.29 is 87.8 Å². The van der Waals surface area contributed by atoms with Crippen LogP contribution in [0.5, 0.6) is 0 Å². The van der Waals surface area contributed by atoms with Gasteiger partial charge in [0.1, 0.15) is 5.57 Å². The highest BCUT2D eigenvalue weighted by molar-refractivity contribution is 5.55. The molecule has 0 aromatic carbocycles. The molecule has 0 spiro atoms. The Labute approximate surface area is 160 Å². The fourth-order valence-electron chi connectivity index (χ4n) is 2.15. The van der Waals surface area contributed by atoms with Crippen LogP contribution in [0.15, 0.2) is 23.1 Å². The Balaban J connectivity index is 3.94. The second-order valence-corrected chi connectivity index (χ2v) is 5.84.